The summed E-state index contributed by atoms with van der Waals surface area (Å²) >= 11 is 3.52. The Bertz CT molecular complexity index is 563. The second-order valence-electron chi connectivity index (χ2n) is 5.09. The fourth-order valence-electron chi connectivity index (χ4n) is 2.20. The Kier molecular flexibility index (Phi) is 4.78. The van der Waals surface area contributed by atoms with Crippen LogP contribution in [0.3, 0.4) is 0 Å². The van der Waals surface area contributed by atoms with Crippen LogP contribution in [0.1, 0.15) is 35.2 Å². The standard InChI is InChI=1S/C17H20BrN/c1-12-7-8-16(13(2)9-12)11-19-14(3)15-5-4-6-17(18)10-15/h4-10,14,19H,11H2,1-3H3/t14-/m0/s1. The zero-order valence-corrected chi connectivity index (χ0v) is 13.3. The van der Waals surface area contributed by atoms with Gasteiger partial charge >= 0.3 is 0 Å². The molecule has 100 valence electrons. The average Bonchev–Trinajstić information content (AvgIpc) is 2.37. The third-order valence-electron chi connectivity index (χ3n) is 3.45. The molecule has 19 heavy (non-hydrogen) atoms. The molecule has 0 aromatic heterocycles. The molecule has 2 heteroatoms. The summed E-state index contributed by atoms with van der Waals surface area (Å²) in [7, 11) is 0. The molecule has 0 saturated carbocycles. The van der Waals surface area contributed by atoms with Crippen molar-refractivity contribution in [3.05, 3.63) is 69.2 Å². The molecule has 1 atom stereocenters. The van der Waals surface area contributed by atoms with Crippen LogP contribution in [0.15, 0.2) is 46.9 Å². The fourth-order valence-corrected chi connectivity index (χ4v) is 2.62. The Hall–Kier alpha value is -1.12. The summed E-state index contributed by atoms with van der Waals surface area (Å²) in [4.78, 5) is 0. The molecular weight excluding hydrogens is 298 g/mol. The predicted octanol–water partition coefficient (Wildman–Crippen LogP) is 4.92. The van der Waals surface area contributed by atoms with Gasteiger partial charge in [0.25, 0.3) is 0 Å². The molecule has 0 spiro atoms. The number of hydrogen-bond acceptors (Lipinski definition) is 1. The molecule has 2 rings (SSSR count). The molecule has 0 amide bonds. The maximum atomic E-state index is 3.58. The van der Waals surface area contributed by atoms with E-state index in [9.17, 15) is 0 Å². The van der Waals surface area contributed by atoms with Crippen LogP contribution in [0.2, 0.25) is 0 Å². The second kappa shape index (κ2) is 6.36. The van der Waals surface area contributed by atoms with Crippen molar-refractivity contribution in [2.45, 2.75) is 33.4 Å². The van der Waals surface area contributed by atoms with Gasteiger partial charge in [-0.05, 0) is 49.6 Å². The van der Waals surface area contributed by atoms with E-state index in [1.54, 1.807) is 0 Å². The van der Waals surface area contributed by atoms with Gasteiger partial charge in [0.2, 0.25) is 0 Å². The van der Waals surface area contributed by atoms with Crippen molar-refractivity contribution < 1.29 is 0 Å². The molecule has 0 radical (unpaired) electrons. The molecule has 0 aliphatic heterocycles. The zero-order chi connectivity index (χ0) is 13.8. The van der Waals surface area contributed by atoms with Gasteiger partial charge in [-0.15, -0.1) is 0 Å². The summed E-state index contributed by atoms with van der Waals surface area (Å²) < 4.78 is 1.13. The van der Waals surface area contributed by atoms with Crippen LogP contribution in [0.4, 0.5) is 0 Å². The van der Waals surface area contributed by atoms with Crippen LogP contribution in [0, 0.1) is 13.8 Å². The molecule has 0 heterocycles. The smallest absolute Gasteiger partial charge is 0.0295 e. The Labute approximate surface area is 124 Å². The predicted molar refractivity (Wildman–Crippen MR) is 85.3 cm³/mol. The Balaban J connectivity index is 2.02. The van der Waals surface area contributed by atoms with Crippen LogP contribution < -0.4 is 5.32 Å². The summed E-state index contributed by atoms with van der Waals surface area (Å²) in [5.41, 5.74) is 5.35. The quantitative estimate of drug-likeness (QED) is 0.844. The van der Waals surface area contributed by atoms with Crippen LogP contribution in [-0.4, -0.2) is 0 Å². The zero-order valence-electron chi connectivity index (χ0n) is 11.7. The highest BCUT2D eigenvalue weighted by Crippen LogP contribution is 2.19. The van der Waals surface area contributed by atoms with E-state index in [0.29, 0.717) is 6.04 Å². The van der Waals surface area contributed by atoms with E-state index in [1.807, 2.05) is 0 Å². The highest BCUT2D eigenvalue weighted by Gasteiger charge is 2.06. The molecule has 0 saturated heterocycles. The molecule has 0 aliphatic rings. The summed E-state index contributed by atoms with van der Waals surface area (Å²) in [5, 5.41) is 3.58. The first-order chi connectivity index (χ1) is 9.06. The minimum absolute atomic E-state index is 0.346. The molecule has 2 aromatic carbocycles. The lowest BCUT2D eigenvalue weighted by Crippen LogP contribution is -2.18. The SMILES string of the molecule is Cc1ccc(CN[C@@H](C)c2cccc(Br)c2)c(C)c1. The minimum atomic E-state index is 0.346. The van der Waals surface area contributed by atoms with Crippen molar-refractivity contribution in [3.63, 3.8) is 0 Å². The van der Waals surface area contributed by atoms with E-state index in [2.05, 4.69) is 84.5 Å². The van der Waals surface area contributed by atoms with E-state index >= 15 is 0 Å². The summed E-state index contributed by atoms with van der Waals surface area (Å²) in [6.07, 6.45) is 0. The highest BCUT2D eigenvalue weighted by atomic mass is 79.9. The molecule has 0 bridgehead atoms. The first-order valence-electron chi connectivity index (χ1n) is 6.61. The van der Waals surface area contributed by atoms with Crippen molar-refractivity contribution >= 4 is 15.9 Å². The van der Waals surface area contributed by atoms with E-state index in [4.69, 9.17) is 0 Å². The van der Waals surface area contributed by atoms with Gasteiger partial charge in [-0.2, -0.15) is 0 Å². The number of halogens is 1. The van der Waals surface area contributed by atoms with Crippen molar-refractivity contribution in [2.75, 3.05) is 0 Å². The monoisotopic (exact) mass is 317 g/mol. The summed E-state index contributed by atoms with van der Waals surface area (Å²) in [5.74, 6) is 0. The second-order valence-corrected chi connectivity index (χ2v) is 6.00. The van der Waals surface area contributed by atoms with Gasteiger partial charge in [0.15, 0.2) is 0 Å². The average molecular weight is 318 g/mol. The van der Waals surface area contributed by atoms with Crippen molar-refractivity contribution in [1.29, 1.82) is 0 Å². The fraction of sp³-hybridized carbons (Fsp3) is 0.294. The van der Waals surface area contributed by atoms with Crippen LogP contribution in [-0.2, 0) is 6.54 Å². The summed E-state index contributed by atoms with van der Waals surface area (Å²) in [6, 6.07) is 15.4. The largest absolute Gasteiger partial charge is 0.306 e. The number of hydrogen-bond donors (Lipinski definition) is 1. The molecule has 0 fully saturated rings. The van der Waals surface area contributed by atoms with Gasteiger partial charge in [-0.3, -0.25) is 0 Å². The van der Waals surface area contributed by atoms with Crippen molar-refractivity contribution in [2.24, 2.45) is 0 Å². The van der Waals surface area contributed by atoms with Gasteiger partial charge in [-0.1, -0.05) is 51.8 Å². The number of benzene rings is 2. The molecule has 1 nitrogen and oxygen atoms in total. The number of rotatable bonds is 4. The highest BCUT2D eigenvalue weighted by molar-refractivity contribution is 9.10. The normalized spacial score (nSPS) is 12.4. The lowest BCUT2D eigenvalue weighted by molar-refractivity contribution is 0.573. The minimum Gasteiger partial charge on any atom is -0.306 e. The van der Waals surface area contributed by atoms with E-state index in [0.717, 1.165) is 11.0 Å². The first kappa shape index (κ1) is 14.3. The van der Waals surface area contributed by atoms with E-state index < -0.39 is 0 Å². The van der Waals surface area contributed by atoms with E-state index in [1.165, 1.54) is 22.3 Å². The molecule has 2 aromatic rings. The first-order valence-corrected chi connectivity index (χ1v) is 7.40. The molecule has 0 aliphatic carbocycles. The van der Waals surface area contributed by atoms with Crippen molar-refractivity contribution in [3.8, 4) is 0 Å². The molecule has 0 unspecified atom stereocenters. The van der Waals surface area contributed by atoms with Crippen LogP contribution in [0.25, 0.3) is 0 Å². The Morgan fingerprint density at radius 2 is 1.89 bits per heavy atom. The maximum absolute atomic E-state index is 3.58. The van der Waals surface area contributed by atoms with Crippen LogP contribution in [0.5, 0.6) is 0 Å². The third-order valence-corrected chi connectivity index (χ3v) is 3.94. The Morgan fingerprint density at radius 3 is 2.58 bits per heavy atom. The molecule has 1 N–H and O–H groups in total. The lowest BCUT2D eigenvalue weighted by Gasteiger charge is -2.16. The maximum Gasteiger partial charge on any atom is 0.0295 e. The van der Waals surface area contributed by atoms with Gasteiger partial charge in [-0.25, -0.2) is 0 Å². The van der Waals surface area contributed by atoms with Crippen molar-refractivity contribution in [1.82, 2.24) is 5.32 Å². The van der Waals surface area contributed by atoms with E-state index in [-0.39, 0.29) is 0 Å². The van der Waals surface area contributed by atoms with Gasteiger partial charge in [0.1, 0.15) is 0 Å². The van der Waals surface area contributed by atoms with Crippen LogP contribution >= 0.6 is 15.9 Å². The lowest BCUT2D eigenvalue weighted by atomic mass is 10.0. The Morgan fingerprint density at radius 1 is 1.11 bits per heavy atom. The summed E-state index contributed by atoms with van der Waals surface area (Å²) in [6.45, 7) is 7.41. The number of aryl methyl sites for hydroxylation is 2. The topological polar surface area (TPSA) is 12.0 Å². The van der Waals surface area contributed by atoms with Gasteiger partial charge in [0, 0.05) is 17.1 Å². The van der Waals surface area contributed by atoms with Gasteiger partial charge in [0.05, 0.1) is 0 Å². The third kappa shape index (κ3) is 3.92. The van der Waals surface area contributed by atoms with Gasteiger partial charge < -0.3 is 5.32 Å². The molecular formula is C17H20BrN. The number of nitrogens with one attached hydrogen (secondary N) is 1.